The van der Waals surface area contributed by atoms with Crippen LogP contribution in [0.1, 0.15) is 88.2 Å². The van der Waals surface area contributed by atoms with Crippen molar-refractivity contribution in [3.05, 3.63) is 72.2 Å². The summed E-state index contributed by atoms with van der Waals surface area (Å²) in [5.74, 6) is 1.27. The summed E-state index contributed by atoms with van der Waals surface area (Å²) in [4.78, 5) is 17.0. The highest BCUT2D eigenvalue weighted by molar-refractivity contribution is 6.05. The number of nitrogens with zero attached hydrogens (tertiary/aromatic N) is 2. The van der Waals surface area contributed by atoms with Crippen LogP contribution < -0.4 is 11.1 Å². The number of fused-ring (bicyclic) bond motifs is 1. The molecule has 2 aromatic carbocycles. The molecule has 2 aromatic heterocycles. The maximum absolute atomic E-state index is 12.7. The normalized spacial score (nSPS) is 19.9. The molecule has 2 fully saturated rings. The lowest BCUT2D eigenvalue weighted by Gasteiger charge is -2.29. The molecule has 0 radical (unpaired) electrons. The van der Waals surface area contributed by atoms with Gasteiger partial charge in [0.25, 0.3) is 0 Å². The second-order valence-corrected chi connectivity index (χ2v) is 12.4. The minimum Gasteiger partial charge on any atom is -0.347 e. The lowest BCUT2D eigenvalue weighted by atomic mass is 9.79. The molecular formula is C36H44N4O. The van der Waals surface area contributed by atoms with Crippen LogP contribution in [0, 0.1) is 12.8 Å². The topological polar surface area (TPSA) is 72.9 Å². The lowest BCUT2D eigenvalue weighted by Crippen LogP contribution is -2.26. The number of rotatable bonds is 7. The molecule has 2 aliphatic rings. The van der Waals surface area contributed by atoms with Gasteiger partial charge in [-0.05, 0) is 110 Å². The van der Waals surface area contributed by atoms with Crippen molar-refractivity contribution < 1.29 is 4.79 Å². The van der Waals surface area contributed by atoms with Crippen LogP contribution in [-0.4, -0.2) is 21.5 Å². The van der Waals surface area contributed by atoms with E-state index in [0.29, 0.717) is 24.3 Å². The quantitative estimate of drug-likeness (QED) is 0.243. The second-order valence-electron chi connectivity index (χ2n) is 12.4. The highest BCUT2D eigenvalue weighted by Crippen LogP contribution is 2.44. The monoisotopic (exact) mass is 548 g/mol. The first-order chi connectivity index (χ1) is 20.0. The number of carbonyl (C=O) groups excluding carboxylic acids is 1. The molecule has 41 heavy (non-hydrogen) atoms. The summed E-state index contributed by atoms with van der Waals surface area (Å²) < 4.78 is 2.49. The molecule has 0 spiro atoms. The van der Waals surface area contributed by atoms with Crippen LogP contribution in [0.5, 0.6) is 0 Å². The summed E-state index contributed by atoms with van der Waals surface area (Å²) in [6, 6.07) is 15.8. The summed E-state index contributed by atoms with van der Waals surface area (Å²) in [5, 5.41) is 4.51. The molecule has 0 bridgehead atoms. The molecule has 3 N–H and O–H groups in total. The summed E-state index contributed by atoms with van der Waals surface area (Å²) in [6.07, 6.45) is 17.6. The molecule has 2 heterocycles. The van der Waals surface area contributed by atoms with Gasteiger partial charge in [-0.2, -0.15) is 0 Å². The zero-order valence-corrected chi connectivity index (χ0v) is 24.7. The minimum absolute atomic E-state index is 0.0467. The minimum atomic E-state index is 0.0467. The number of benzene rings is 2. The van der Waals surface area contributed by atoms with Crippen molar-refractivity contribution in [2.24, 2.45) is 11.7 Å². The Morgan fingerprint density at radius 2 is 1.71 bits per heavy atom. The van der Waals surface area contributed by atoms with Gasteiger partial charge in [0.1, 0.15) is 0 Å². The Morgan fingerprint density at radius 3 is 2.44 bits per heavy atom. The molecule has 1 amide bonds. The number of nitrogens with one attached hydrogen (secondary N) is 1. The van der Waals surface area contributed by atoms with Crippen molar-refractivity contribution >= 4 is 22.5 Å². The fourth-order valence-corrected chi connectivity index (χ4v) is 7.31. The zero-order chi connectivity index (χ0) is 28.3. The van der Waals surface area contributed by atoms with Gasteiger partial charge in [-0.3, -0.25) is 9.78 Å². The van der Waals surface area contributed by atoms with Crippen molar-refractivity contribution in [3.8, 4) is 22.3 Å². The number of carbonyl (C=O) groups is 1. The van der Waals surface area contributed by atoms with E-state index in [1.54, 1.807) is 0 Å². The van der Waals surface area contributed by atoms with Gasteiger partial charge in [-0.1, -0.05) is 38.3 Å². The van der Waals surface area contributed by atoms with Crippen molar-refractivity contribution in [3.63, 3.8) is 0 Å². The van der Waals surface area contributed by atoms with E-state index in [4.69, 9.17) is 5.73 Å². The smallest absolute Gasteiger partial charge is 0.224 e. The van der Waals surface area contributed by atoms with Gasteiger partial charge in [-0.25, -0.2) is 0 Å². The number of pyridine rings is 1. The fraction of sp³-hybridized carbons (Fsp3) is 0.444. The van der Waals surface area contributed by atoms with Crippen molar-refractivity contribution in [2.45, 2.75) is 96.6 Å². The van der Waals surface area contributed by atoms with Gasteiger partial charge >= 0.3 is 0 Å². The van der Waals surface area contributed by atoms with Crippen LogP contribution in [0.4, 0.5) is 5.69 Å². The molecule has 0 aliphatic heterocycles. The summed E-state index contributed by atoms with van der Waals surface area (Å²) in [7, 11) is 0. The first kappa shape index (κ1) is 27.7. The van der Waals surface area contributed by atoms with Crippen LogP contribution in [0.15, 0.2) is 61.1 Å². The second kappa shape index (κ2) is 12.2. The Hall–Kier alpha value is -3.44. The van der Waals surface area contributed by atoms with Crippen molar-refractivity contribution in [1.82, 2.24) is 9.55 Å². The number of amides is 1. The first-order valence-electron chi connectivity index (χ1n) is 15.7. The number of aromatic nitrogens is 2. The average molecular weight is 549 g/mol. The molecule has 0 atom stereocenters. The highest BCUT2D eigenvalue weighted by Gasteiger charge is 2.26. The van der Waals surface area contributed by atoms with Crippen molar-refractivity contribution in [2.75, 3.05) is 5.32 Å². The van der Waals surface area contributed by atoms with E-state index < -0.39 is 0 Å². The summed E-state index contributed by atoms with van der Waals surface area (Å²) in [6.45, 7) is 5.22. The SMILES string of the molecule is CCC(=O)Nc1ccc(C2CCC(N)CC2)c(C)c1-c1cn(CC2CCCCC2)c2ccc(-c3ccncc3)cc12. The Balaban J connectivity index is 1.53. The maximum atomic E-state index is 12.7. The maximum Gasteiger partial charge on any atom is 0.224 e. The Kier molecular flexibility index (Phi) is 8.25. The third kappa shape index (κ3) is 5.83. The summed E-state index contributed by atoms with van der Waals surface area (Å²) >= 11 is 0. The lowest BCUT2D eigenvalue weighted by molar-refractivity contribution is -0.115. The van der Waals surface area contributed by atoms with E-state index in [1.807, 2.05) is 19.3 Å². The highest BCUT2D eigenvalue weighted by atomic mass is 16.1. The van der Waals surface area contributed by atoms with Gasteiger partial charge in [0.05, 0.1) is 0 Å². The van der Waals surface area contributed by atoms with E-state index in [-0.39, 0.29) is 5.91 Å². The molecular weight excluding hydrogens is 504 g/mol. The van der Waals surface area contributed by atoms with Crippen molar-refractivity contribution in [1.29, 1.82) is 0 Å². The van der Waals surface area contributed by atoms with Crippen LogP contribution >= 0.6 is 0 Å². The van der Waals surface area contributed by atoms with E-state index in [1.165, 1.54) is 70.8 Å². The van der Waals surface area contributed by atoms with Gasteiger partial charge in [0.2, 0.25) is 5.91 Å². The van der Waals surface area contributed by atoms with E-state index >= 15 is 0 Å². The predicted molar refractivity (Wildman–Crippen MR) is 170 cm³/mol. The molecule has 2 saturated carbocycles. The largest absolute Gasteiger partial charge is 0.347 e. The van der Waals surface area contributed by atoms with Gasteiger partial charge in [-0.15, -0.1) is 0 Å². The molecule has 4 aromatic rings. The zero-order valence-electron chi connectivity index (χ0n) is 24.7. The molecule has 6 rings (SSSR count). The van der Waals surface area contributed by atoms with Crippen LogP contribution in [0.2, 0.25) is 0 Å². The molecule has 5 nitrogen and oxygen atoms in total. The van der Waals surface area contributed by atoms with Gasteiger partial charge < -0.3 is 15.6 Å². The number of nitrogens with two attached hydrogens (primary N) is 1. The molecule has 0 saturated heterocycles. The van der Waals surface area contributed by atoms with E-state index in [0.717, 1.165) is 43.5 Å². The van der Waals surface area contributed by atoms with E-state index in [9.17, 15) is 4.79 Å². The van der Waals surface area contributed by atoms with Crippen LogP contribution in [-0.2, 0) is 11.3 Å². The first-order valence-corrected chi connectivity index (χ1v) is 15.7. The van der Waals surface area contributed by atoms with Gasteiger partial charge in [0.15, 0.2) is 0 Å². The third-order valence-electron chi connectivity index (χ3n) is 9.66. The Morgan fingerprint density at radius 1 is 0.951 bits per heavy atom. The molecule has 2 aliphatic carbocycles. The molecule has 5 heteroatoms. The third-order valence-corrected chi connectivity index (χ3v) is 9.66. The van der Waals surface area contributed by atoms with Crippen LogP contribution in [0.25, 0.3) is 33.2 Å². The fourth-order valence-electron chi connectivity index (χ4n) is 7.31. The number of anilines is 1. The Bertz CT molecular complexity index is 1510. The van der Waals surface area contributed by atoms with Gasteiger partial charge in [0, 0.05) is 65.3 Å². The van der Waals surface area contributed by atoms with Crippen LogP contribution in [0.3, 0.4) is 0 Å². The Labute approximate surface area is 244 Å². The standard InChI is InChI=1S/C36H44N4O/c1-3-35(41)39-33-15-14-30(27-9-12-29(37)13-10-27)24(2)36(33)32-23-40(22-25-7-5-4-6-8-25)34-16-11-28(21-31(32)34)26-17-19-38-20-18-26/h11,14-21,23,25,27,29H,3-10,12-13,22,37H2,1-2H3,(H,39,41). The predicted octanol–water partition coefficient (Wildman–Crippen LogP) is 8.59. The molecule has 214 valence electrons. The molecule has 0 unspecified atom stereocenters. The summed E-state index contributed by atoms with van der Waals surface area (Å²) in [5.41, 5.74) is 15.9. The number of hydrogen-bond acceptors (Lipinski definition) is 3. The number of hydrogen-bond donors (Lipinski definition) is 2. The van der Waals surface area contributed by atoms with E-state index in [2.05, 4.69) is 70.5 Å². The average Bonchev–Trinajstić information content (AvgIpc) is 3.35.